The van der Waals surface area contributed by atoms with Gasteiger partial charge in [0.25, 0.3) is 0 Å². The fraction of sp³-hybridized carbons (Fsp3) is 0. The minimum absolute atomic E-state index is 0.536. The van der Waals surface area contributed by atoms with Crippen LogP contribution < -0.4 is 11.1 Å². The third-order valence-electron chi connectivity index (χ3n) is 2.38. The van der Waals surface area contributed by atoms with Gasteiger partial charge in [0.2, 0.25) is 0 Å². The first-order valence-corrected chi connectivity index (χ1v) is 6.29. The van der Waals surface area contributed by atoms with E-state index in [2.05, 4.69) is 27.3 Å². The first-order valence-electron chi connectivity index (χ1n) is 5.12. The van der Waals surface area contributed by atoms with Crippen LogP contribution in [0.25, 0.3) is 0 Å². The third-order valence-corrected chi connectivity index (χ3v) is 3.20. The highest BCUT2D eigenvalue weighted by molar-refractivity contribution is 9.10. The van der Waals surface area contributed by atoms with Crippen LogP contribution in [-0.4, -0.2) is 0 Å². The van der Waals surface area contributed by atoms with E-state index in [-0.39, 0.29) is 0 Å². The molecule has 0 aromatic heterocycles. The number of benzene rings is 2. The number of hydrogen-bond donors (Lipinski definition) is 2. The van der Waals surface area contributed by atoms with E-state index in [1.165, 1.54) is 0 Å². The van der Waals surface area contributed by atoms with E-state index in [1.54, 1.807) is 24.3 Å². The van der Waals surface area contributed by atoms with Gasteiger partial charge in [0.15, 0.2) is 0 Å². The zero-order valence-corrected chi connectivity index (χ0v) is 11.6. The fourth-order valence-corrected chi connectivity index (χ4v) is 2.00. The van der Waals surface area contributed by atoms with Crippen molar-refractivity contribution in [2.24, 2.45) is 0 Å². The number of nitrogen functional groups attached to an aromatic ring is 1. The number of nitrogens with two attached hydrogens (primary N) is 1. The lowest BCUT2D eigenvalue weighted by Crippen LogP contribution is -1.97. The van der Waals surface area contributed by atoms with Gasteiger partial charge in [0.05, 0.1) is 33.7 Å². The van der Waals surface area contributed by atoms with Crippen molar-refractivity contribution in [1.29, 1.82) is 5.26 Å². The summed E-state index contributed by atoms with van der Waals surface area (Å²) in [6, 6.07) is 12.6. The van der Waals surface area contributed by atoms with Crippen LogP contribution in [0.1, 0.15) is 5.56 Å². The van der Waals surface area contributed by atoms with E-state index in [1.807, 2.05) is 12.1 Å². The van der Waals surface area contributed by atoms with Gasteiger partial charge in [-0.05, 0) is 36.4 Å². The zero-order chi connectivity index (χ0) is 13.1. The number of rotatable bonds is 2. The predicted molar refractivity (Wildman–Crippen MR) is 78.0 cm³/mol. The van der Waals surface area contributed by atoms with Crippen molar-refractivity contribution < 1.29 is 0 Å². The second-order valence-corrected chi connectivity index (χ2v) is 4.99. The van der Waals surface area contributed by atoms with Crippen LogP contribution in [0, 0.1) is 11.3 Å². The van der Waals surface area contributed by atoms with Crippen LogP contribution in [0.4, 0.5) is 17.1 Å². The summed E-state index contributed by atoms with van der Waals surface area (Å²) in [6.45, 7) is 0. The molecule has 0 fully saturated rings. The molecule has 2 aromatic carbocycles. The Labute approximate surface area is 118 Å². The number of nitrogens with zero attached hydrogens (tertiary/aromatic N) is 1. The van der Waals surface area contributed by atoms with Crippen molar-refractivity contribution in [3.05, 3.63) is 51.5 Å². The molecule has 0 saturated heterocycles. The monoisotopic (exact) mass is 321 g/mol. The Hall–Kier alpha value is -1.70. The van der Waals surface area contributed by atoms with Crippen LogP contribution in [0.3, 0.4) is 0 Å². The molecule has 0 unspecified atom stereocenters. The summed E-state index contributed by atoms with van der Waals surface area (Å²) in [5.74, 6) is 0. The summed E-state index contributed by atoms with van der Waals surface area (Å²) in [5.41, 5.74) is 8.40. The van der Waals surface area contributed by atoms with Gasteiger partial charge < -0.3 is 11.1 Å². The molecule has 0 radical (unpaired) electrons. The van der Waals surface area contributed by atoms with Gasteiger partial charge in [0.1, 0.15) is 0 Å². The quantitative estimate of drug-likeness (QED) is 0.810. The molecule has 2 rings (SSSR count). The molecule has 0 amide bonds. The summed E-state index contributed by atoms with van der Waals surface area (Å²) >= 11 is 9.45. The van der Waals surface area contributed by atoms with Crippen molar-refractivity contribution in [3.8, 4) is 6.07 Å². The molecule has 0 saturated carbocycles. The van der Waals surface area contributed by atoms with Crippen molar-refractivity contribution in [3.63, 3.8) is 0 Å². The second-order valence-electron chi connectivity index (χ2n) is 3.66. The number of anilines is 3. The van der Waals surface area contributed by atoms with Crippen molar-refractivity contribution in [2.45, 2.75) is 0 Å². The van der Waals surface area contributed by atoms with Crippen LogP contribution in [0.2, 0.25) is 5.02 Å². The van der Waals surface area contributed by atoms with Crippen LogP contribution >= 0.6 is 27.5 Å². The molecule has 0 heterocycles. The Morgan fingerprint density at radius 1 is 1.17 bits per heavy atom. The number of nitriles is 1. The lowest BCUT2D eigenvalue weighted by molar-refractivity contribution is 1.47. The standard InChI is InChI=1S/C13H9BrClN3/c14-9-2-4-11(17)13(6-9)18-12-5-8(7-16)1-3-10(12)15/h1-6,18H,17H2. The van der Waals surface area contributed by atoms with Gasteiger partial charge >= 0.3 is 0 Å². The van der Waals surface area contributed by atoms with Crippen molar-refractivity contribution in [2.75, 3.05) is 11.1 Å². The fourth-order valence-electron chi connectivity index (χ4n) is 1.47. The zero-order valence-electron chi connectivity index (χ0n) is 9.24. The maximum atomic E-state index is 8.86. The minimum Gasteiger partial charge on any atom is -0.397 e. The first kappa shape index (κ1) is 12.7. The molecular weight excluding hydrogens is 314 g/mol. The highest BCUT2D eigenvalue weighted by Crippen LogP contribution is 2.30. The van der Waals surface area contributed by atoms with Crippen LogP contribution in [0.15, 0.2) is 40.9 Å². The first-order chi connectivity index (χ1) is 8.60. The number of hydrogen-bond acceptors (Lipinski definition) is 3. The van der Waals surface area contributed by atoms with E-state index in [9.17, 15) is 0 Å². The van der Waals surface area contributed by atoms with Gasteiger partial charge in [0, 0.05) is 4.47 Å². The Morgan fingerprint density at radius 2 is 1.94 bits per heavy atom. The molecule has 0 bridgehead atoms. The van der Waals surface area contributed by atoms with E-state index >= 15 is 0 Å². The van der Waals surface area contributed by atoms with Crippen molar-refractivity contribution in [1.82, 2.24) is 0 Å². The van der Waals surface area contributed by atoms with Gasteiger partial charge in [-0.25, -0.2) is 0 Å². The molecule has 0 atom stereocenters. The van der Waals surface area contributed by atoms with Crippen molar-refractivity contribution >= 4 is 44.6 Å². The van der Waals surface area contributed by atoms with Crippen LogP contribution in [-0.2, 0) is 0 Å². The maximum Gasteiger partial charge on any atom is 0.0992 e. The molecule has 90 valence electrons. The smallest absolute Gasteiger partial charge is 0.0992 e. The third kappa shape index (κ3) is 2.76. The summed E-state index contributed by atoms with van der Waals surface area (Å²) in [6.07, 6.45) is 0. The molecule has 0 aliphatic heterocycles. The molecule has 3 nitrogen and oxygen atoms in total. The molecule has 3 N–H and O–H groups in total. The summed E-state index contributed by atoms with van der Waals surface area (Å²) in [4.78, 5) is 0. The highest BCUT2D eigenvalue weighted by atomic mass is 79.9. The maximum absolute atomic E-state index is 8.86. The van der Waals surface area contributed by atoms with Gasteiger partial charge in [-0.3, -0.25) is 0 Å². The Morgan fingerprint density at radius 3 is 2.67 bits per heavy atom. The number of nitrogens with one attached hydrogen (secondary N) is 1. The Balaban J connectivity index is 2.39. The topological polar surface area (TPSA) is 61.8 Å². The average molecular weight is 323 g/mol. The molecule has 0 aliphatic rings. The molecular formula is C13H9BrClN3. The summed E-state index contributed by atoms with van der Waals surface area (Å²) < 4.78 is 0.909. The highest BCUT2D eigenvalue weighted by Gasteiger charge is 2.05. The van der Waals surface area contributed by atoms with Gasteiger partial charge in [-0.15, -0.1) is 0 Å². The van der Waals surface area contributed by atoms with E-state index < -0.39 is 0 Å². The van der Waals surface area contributed by atoms with E-state index in [0.717, 1.165) is 10.2 Å². The SMILES string of the molecule is N#Cc1ccc(Cl)c(Nc2cc(Br)ccc2N)c1. The van der Waals surface area contributed by atoms with E-state index in [0.29, 0.717) is 22.0 Å². The minimum atomic E-state index is 0.536. The number of halogens is 2. The lowest BCUT2D eigenvalue weighted by atomic mass is 10.2. The Kier molecular flexibility index (Phi) is 3.75. The summed E-state index contributed by atoms with van der Waals surface area (Å²) in [5, 5.41) is 12.5. The Bertz CT molecular complexity index is 635. The summed E-state index contributed by atoms with van der Waals surface area (Å²) in [7, 11) is 0. The lowest BCUT2D eigenvalue weighted by Gasteiger charge is -2.11. The van der Waals surface area contributed by atoms with Crippen LogP contribution in [0.5, 0.6) is 0 Å². The molecule has 2 aromatic rings. The molecule has 0 spiro atoms. The largest absolute Gasteiger partial charge is 0.397 e. The second kappa shape index (κ2) is 5.30. The average Bonchev–Trinajstić information content (AvgIpc) is 2.36. The molecule has 0 aliphatic carbocycles. The van der Waals surface area contributed by atoms with Gasteiger partial charge in [-0.1, -0.05) is 27.5 Å². The van der Waals surface area contributed by atoms with Gasteiger partial charge in [-0.2, -0.15) is 5.26 Å². The van der Waals surface area contributed by atoms with E-state index in [4.69, 9.17) is 22.6 Å². The molecule has 5 heteroatoms. The normalized spacial score (nSPS) is 9.83. The predicted octanol–water partition coefficient (Wildman–Crippen LogP) is 4.30. The molecule has 18 heavy (non-hydrogen) atoms.